The molecule has 0 spiro atoms. The van der Waals surface area contributed by atoms with E-state index in [9.17, 15) is 0 Å². The predicted octanol–water partition coefficient (Wildman–Crippen LogP) is 6.39. The van der Waals surface area contributed by atoms with Crippen molar-refractivity contribution >= 4 is 34.0 Å². The molecule has 0 radical (unpaired) electrons. The van der Waals surface area contributed by atoms with Gasteiger partial charge in [-0.1, -0.05) is 48.2 Å². The van der Waals surface area contributed by atoms with Gasteiger partial charge in [0.25, 0.3) is 0 Å². The molecular weight excluding hydrogens is 374 g/mol. The zero-order valence-corrected chi connectivity index (χ0v) is 17.7. The number of H-pyrrole nitrogens is 1. The van der Waals surface area contributed by atoms with Crippen LogP contribution in [-0.4, -0.2) is 37.1 Å². The highest BCUT2D eigenvalue weighted by Gasteiger charge is 2.23. The molecule has 0 amide bonds. The van der Waals surface area contributed by atoms with Gasteiger partial charge in [0, 0.05) is 32.9 Å². The minimum absolute atomic E-state index is 1.02. The van der Waals surface area contributed by atoms with Gasteiger partial charge in [0.1, 0.15) is 0 Å². The van der Waals surface area contributed by atoms with Gasteiger partial charge in [-0.3, -0.25) is 0 Å². The summed E-state index contributed by atoms with van der Waals surface area (Å²) < 4.78 is 0. The van der Waals surface area contributed by atoms with Gasteiger partial charge in [-0.15, -0.1) is 0 Å². The van der Waals surface area contributed by atoms with Crippen molar-refractivity contribution < 1.29 is 0 Å². The number of hydrogen-bond donors (Lipinski definition) is 1. The molecule has 1 aliphatic rings. The zero-order chi connectivity index (χ0) is 19.8. The van der Waals surface area contributed by atoms with Crippen LogP contribution in [0.4, 0.5) is 11.4 Å². The lowest BCUT2D eigenvalue weighted by Gasteiger charge is -2.33. The Bertz CT molecular complexity index is 1130. The summed E-state index contributed by atoms with van der Waals surface area (Å²) in [7, 11) is 4.28. The van der Waals surface area contributed by atoms with Gasteiger partial charge in [0.2, 0.25) is 0 Å². The number of para-hydroxylation sites is 2. The Morgan fingerprint density at radius 2 is 1.66 bits per heavy atom. The summed E-state index contributed by atoms with van der Waals surface area (Å²) in [6, 6.07) is 26.3. The van der Waals surface area contributed by atoms with E-state index in [0.29, 0.717) is 0 Å². The molecule has 1 N–H and O–H groups in total. The number of anilines is 2. The quantitative estimate of drug-likeness (QED) is 0.420. The Kier molecular flexibility index (Phi) is 4.82. The van der Waals surface area contributed by atoms with Gasteiger partial charge in [-0.2, -0.15) is 0 Å². The van der Waals surface area contributed by atoms with E-state index >= 15 is 0 Å². The second-order valence-corrected chi connectivity index (χ2v) is 8.91. The number of aromatic nitrogens is 1. The van der Waals surface area contributed by atoms with Crippen molar-refractivity contribution in [1.29, 1.82) is 0 Å². The average molecular weight is 400 g/mol. The summed E-state index contributed by atoms with van der Waals surface area (Å²) in [6.07, 6.45) is 1.13. The van der Waals surface area contributed by atoms with Crippen LogP contribution in [0.15, 0.2) is 82.6 Å². The number of benzene rings is 3. The van der Waals surface area contributed by atoms with Crippen LogP contribution in [0.1, 0.15) is 6.42 Å². The fraction of sp³-hybridized carbons (Fsp3) is 0.200. The molecule has 146 valence electrons. The van der Waals surface area contributed by atoms with Crippen LogP contribution in [0.25, 0.3) is 22.2 Å². The smallest absolute Gasteiger partial charge is 0.0553 e. The molecule has 0 bridgehead atoms. The molecule has 5 rings (SSSR count). The maximum Gasteiger partial charge on any atom is 0.0553 e. The minimum Gasteiger partial charge on any atom is -0.355 e. The SMILES string of the molecule is CN(C)CCCN1c2ccccc2Sc2cc(-c3cc4ccccc4[nH]3)ccc21. The van der Waals surface area contributed by atoms with Crippen molar-refractivity contribution in [3.05, 3.63) is 72.8 Å². The number of nitrogens with one attached hydrogen (secondary N) is 1. The van der Waals surface area contributed by atoms with Crippen molar-refractivity contribution in [3.8, 4) is 11.3 Å². The summed E-state index contributed by atoms with van der Waals surface area (Å²) in [5, 5.41) is 1.25. The first-order valence-electron chi connectivity index (χ1n) is 10.1. The maximum atomic E-state index is 3.57. The summed E-state index contributed by atoms with van der Waals surface area (Å²) in [5.41, 5.74) is 6.23. The fourth-order valence-electron chi connectivity index (χ4n) is 4.02. The van der Waals surface area contributed by atoms with Crippen molar-refractivity contribution in [2.45, 2.75) is 16.2 Å². The van der Waals surface area contributed by atoms with Crippen molar-refractivity contribution in [2.24, 2.45) is 0 Å². The van der Waals surface area contributed by atoms with Crippen LogP contribution < -0.4 is 4.90 Å². The maximum absolute atomic E-state index is 3.57. The van der Waals surface area contributed by atoms with Gasteiger partial charge in [-0.25, -0.2) is 0 Å². The third kappa shape index (κ3) is 3.54. The molecule has 29 heavy (non-hydrogen) atoms. The third-order valence-electron chi connectivity index (χ3n) is 5.45. The van der Waals surface area contributed by atoms with E-state index < -0.39 is 0 Å². The molecule has 0 saturated carbocycles. The molecule has 3 nitrogen and oxygen atoms in total. The molecule has 3 aromatic carbocycles. The molecule has 1 aromatic heterocycles. The van der Waals surface area contributed by atoms with Gasteiger partial charge in [0.15, 0.2) is 0 Å². The van der Waals surface area contributed by atoms with Gasteiger partial charge in [-0.05, 0) is 69.0 Å². The molecule has 1 aliphatic heterocycles. The second-order valence-electron chi connectivity index (χ2n) is 7.83. The molecule has 4 heteroatoms. The highest BCUT2D eigenvalue weighted by Crippen LogP contribution is 2.49. The molecule has 4 aromatic rings. The monoisotopic (exact) mass is 399 g/mol. The second kappa shape index (κ2) is 7.62. The first-order chi connectivity index (χ1) is 14.2. The van der Waals surface area contributed by atoms with Crippen molar-refractivity contribution in [3.63, 3.8) is 0 Å². The molecular formula is C25H25N3S. The summed E-state index contributed by atoms with van der Waals surface area (Å²) in [5.74, 6) is 0. The number of nitrogens with zero attached hydrogens (tertiary/aromatic N) is 2. The van der Waals surface area contributed by atoms with Crippen LogP contribution in [0.5, 0.6) is 0 Å². The minimum atomic E-state index is 1.02. The van der Waals surface area contributed by atoms with E-state index in [2.05, 4.69) is 102 Å². The Morgan fingerprint density at radius 1 is 0.862 bits per heavy atom. The highest BCUT2D eigenvalue weighted by atomic mass is 32.2. The summed E-state index contributed by atoms with van der Waals surface area (Å²) in [4.78, 5) is 11.0. The largest absolute Gasteiger partial charge is 0.355 e. The lowest BCUT2D eigenvalue weighted by atomic mass is 10.1. The Hall–Kier alpha value is -2.69. The summed E-state index contributed by atoms with van der Waals surface area (Å²) in [6.45, 7) is 2.11. The Morgan fingerprint density at radius 3 is 2.52 bits per heavy atom. The Labute approximate surface area is 176 Å². The van der Waals surface area contributed by atoms with Crippen LogP contribution in [0, 0.1) is 0 Å². The van der Waals surface area contributed by atoms with Crippen LogP contribution in [0.2, 0.25) is 0 Å². The predicted molar refractivity (Wildman–Crippen MR) is 124 cm³/mol. The van der Waals surface area contributed by atoms with E-state index in [0.717, 1.165) is 19.5 Å². The number of hydrogen-bond acceptors (Lipinski definition) is 3. The average Bonchev–Trinajstić information content (AvgIpc) is 3.17. The van der Waals surface area contributed by atoms with Crippen molar-refractivity contribution in [1.82, 2.24) is 9.88 Å². The molecule has 0 atom stereocenters. The number of rotatable bonds is 5. The van der Waals surface area contributed by atoms with E-state index in [1.807, 2.05) is 11.8 Å². The lowest BCUT2D eigenvalue weighted by molar-refractivity contribution is 0.402. The van der Waals surface area contributed by atoms with Crippen LogP contribution in [0.3, 0.4) is 0 Å². The first kappa shape index (κ1) is 18.3. The third-order valence-corrected chi connectivity index (χ3v) is 6.57. The van der Waals surface area contributed by atoms with E-state index in [-0.39, 0.29) is 0 Å². The standard InChI is InChI=1S/C25H25N3S/c1-27(2)14-7-15-28-22-10-5-6-11-24(22)29-25-17-19(12-13-23(25)28)21-16-18-8-3-4-9-20(18)26-21/h3-6,8-13,16-17,26H,7,14-15H2,1-2H3. The van der Waals surface area contributed by atoms with Gasteiger partial charge < -0.3 is 14.8 Å². The first-order valence-corrected chi connectivity index (χ1v) is 10.9. The Balaban J connectivity index is 1.52. The van der Waals surface area contributed by atoms with Crippen molar-refractivity contribution in [2.75, 3.05) is 32.1 Å². The number of aromatic amines is 1. The normalized spacial score (nSPS) is 13.0. The molecule has 0 saturated heterocycles. The van der Waals surface area contributed by atoms with Crippen LogP contribution in [-0.2, 0) is 0 Å². The molecule has 0 fully saturated rings. The van der Waals surface area contributed by atoms with Gasteiger partial charge >= 0.3 is 0 Å². The fourth-order valence-corrected chi connectivity index (χ4v) is 5.15. The van der Waals surface area contributed by atoms with E-state index in [1.165, 1.54) is 43.3 Å². The topological polar surface area (TPSA) is 22.3 Å². The van der Waals surface area contributed by atoms with E-state index in [4.69, 9.17) is 0 Å². The highest BCUT2D eigenvalue weighted by molar-refractivity contribution is 7.99. The lowest BCUT2D eigenvalue weighted by Crippen LogP contribution is -2.25. The molecule has 0 aliphatic carbocycles. The van der Waals surface area contributed by atoms with Crippen LogP contribution >= 0.6 is 11.8 Å². The number of fused-ring (bicyclic) bond motifs is 3. The molecule has 0 unspecified atom stereocenters. The van der Waals surface area contributed by atoms with Gasteiger partial charge in [0.05, 0.1) is 11.4 Å². The van der Waals surface area contributed by atoms with E-state index in [1.54, 1.807) is 0 Å². The summed E-state index contributed by atoms with van der Waals surface area (Å²) >= 11 is 1.88. The zero-order valence-electron chi connectivity index (χ0n) is 16.9. The molecule has 2 heterocycles.